The van der Waals surface area contributed by atoms with Crippen molar-refractivity contribution >= 4 is 11.8 Å². The van der Waals surface area contributed by atoms with E-state index in [4.69, 9.17) is 5.84 Å². The molecule has 0 bridgehead atoms. The van der Waals surface area contributed by atoms with Crippen LogP contribution in [0.15, 0.2) is 41.6 Å². The van der Waals surface area contributed by atoms with Gasteiger partial charge in [0.25, 0.3) is 0 Å². The van der Waals surface area contributed by atoms with Crippen LogP contribution in [0.25, 0.3) is 0 Å². The Morgan fingerprint density at radius 3 is 2.63 bits per heavy atom. The smallest absolute Gasteiger partial charge is 0.0521 e. The Bertz CT molecular complexity index is 506. The Morgan fingerprint density at radius 2 is 2.11 bits per heavy atom. The van der Waals surface area contributed by atoms with E-state index in [2.05, 4.69) is 41.0 Å². The van der Waals surface area contributed by atoms with Crippen LogP contribution in [0.1, 0.15) is 23.6 Å². The molecule has 1 heterocycles. The van der Waals surface area contributed by atoms with Crippen molar-refractivity contribution in [1.82, 2.24) is 15.2 Å². The van der Waals surface area contributed by atoms with Crippen molar-refractivity contribution < 1.29 is 0 Å². The molecule has 4 nitrogen and oxygen atoms in total. The molecule has 19 heavy (non-hydrogen) atoms. The first kappa shape index (κ1) is 14.1. The van der Waals surface area contributed by atoms with Gasteiger partial charge in [0, 0.05) is 24.2 Å². The summed E-state index contributed by atoms with van der Waals surface area (Å²) in [6.07, 6.45) is 7.96. The topological polar surface area (TPSA) is 55.9 Å². The van der Waals surface area contributed by atoms with E-state index in [1.807, 2.05) is 24.1 Å². The average molecular weight is 276 g/mol. The van der Waals surface area contributed by atoms with Crippen molar-refractivity contribution in [2.24, 2.45) is 12.9 Å². The van der Waals surface area contributed by atoms with Crippen LogP contribution in [0.5, 0.6) is 0 Å². The van der Waals surface area contributed by atoms with Crippen LogP contribution in [0.4, 0.5) is 0 Å². The summed E-state index contributed by atoms with van der Waals surface area (Å²) in [5, 5.41) is 4.18. The van der Waals surface area contributed by atoms with Gasteiger partial charge >= 0.3 is 0 Å². The van der Waals surface area contributed by atoms with Crippen LogP contribution in [0.2, 0.25) is 0 Å². The molecule has 0 aliphatic carbocycles. The molecule has 3 N–H and O–H groups in total. The van der Waals surface area contributed by atoms with Crippen LogP contribution in [-0.2, 0) is 13.5 Å². The predicted molar refractivity (Wildman–Crippen MR) is 79.8 cm³/mol. The molecular formula is C14H20N4S. The Hall–Kier alpha value is -1.30. The molecule has 0 saturated carbocycles. The first-order valence-electron chi connectivity index (χ1n) is 6.30. The van der Waals surface area contributed by atoms with Crippen LogP contribution in [0.3, 0.4) is 0 Å². The third-order valence-electron chi connectivity index (χ3n) is 3.20. The van der Waals surface area contributed by atoms with Gasteiger partial charge in [-0.2, -0.15) is 5.10 Å². The molecule has 1 atom stereocenters. The van der Waals surface area contributed by atoms with E-state index in [9.17, 15) is 0 Å². The minimum atomic E-state index is 0.177. The third-order valence-corrected chi connectivity index (χ3v) is 3.94. The van der Waals surface area contributed by atoms with Crippen molar-refractivity contribution in [3.8, 4) is 0 Å². The summed E-state index contributed by atoms with van der Waals surface area (Å²) in [4.78, 5) is 1.27. The monoisotopic (exact) mass is 276 g/mol. The average Bonchev–Trinajstić information content (AvgIpc) is 2.86. The Balaban J connectivity index is 1.98. The number of aryl methyl sites for hydroxylation is 2. The Morgan fingerprint density at radius 1 is 1.37 bits per heavy atom. The second-order valence-corrected chi connectivity index (χ2v) is 5.43. The summed E-state index contributed by atoms with van der Waals surface area (Å²) in [6, 6.07) is 8.72. The van der Waals surface area contributed by atoms with Gasteiger partial charge in [0.1, 0.15) is 0 Å². The standard InChI is InChI=1S/C14H20N4S/c1-18-10-11(9-16-18)3-8-14(17-15)12-4-6-13(19-2)7-5-12/h4-7,9-10,14,17H,3,8,15H2,1-2H3. The summed E-state index contributed by atoms with van der Waals surface area (Å²) in [5.41, 5.74) is 5.36. The number of hydrogen-bond acceptors (Lipinski definition) is 4. The summed E-state index contributed by atoms with van der Waals surface area (Å²) < 4.78 is 1.83. The van der Waals surface area contributed by atoms with Gasteiger partial charge < -0.3 is 0 Å². The van der Waals surface area contributed by atoms with Gasteiger partial charge in [-0.15, -0.1) is 11.8 Å². The van der Waals surface area contributed by atoms with Gasteiger partial charge in [-0.3, -0.25) is 16.0 Å². The maximum Gasteiger partial charge on any atom is 0.0521 e. The molecule has 1 aromatic carbocycles. The number of nitrogens with zero attached hydrogens (tertiary/aromatic N) is 2. The molecule has 102 valence electrons. The number of nitrogens with two attached hydrogens (primary N) is 1. The molecule has 1 aromatic heterocycles. The maximum atomic E-state index is 5.67. The van der Waals surface area contributed by atoms with Crippen molar-refractivity contribution in [2.45, 2.75) is 23.8 Å². The maximum absolute atomic E-state index is 5.67. The molecule has 5 heteroatoms. The summed E-state index contributed by atoms with van der Waals surface area (Å²) in [7, 11) is 1.93. The largest absolute Gasteiger partial charge is 0.276 e. The minimum Gasteiger partial charge on any atom is -0.276 e. The lowest BCUT2D eigenvalue weighted by molar-refractivity contribution is 0.516. The minimum absolute atomic E-state index is 0.177. The van der Waals surface area contributed by atoms with Crippen LogP contribution < -0.4 is 11.3 Å². The fourth-order valence-electron chi connectivity index (χ4n) is 2.09. The number of benzene rings is 1. The zero-order valence-electron chi connectivity index (χ0n) is 11.3. The quantitative estimate of drug-likeness (QED) is 0.483. The lowest BCUT2D eigenvalue weighted by atomic mass is 10.0. The first-order chi connectivity index (χ1) is 9.22. The molecule has 2 aromatic rings. The van der Waals surface area contributed by atoms with Gasteiger partial charge in [-0.1, -0.05) is 12.1 Å². The fourth-order valence-corrected chi connectivity index (χ4v) is 2.50. The Labute approximate surface area is 118 Å². The van der Waals surface area contributed by atoms with Crippen molar-refractivity contribution in [1.29, 1.82) is 0 Å². The van der Waals surface area contributed by atoms with Gasteiger partial charge in [-0.05, 0) is 42.4 Å². The van der Waals surface area contributed by atoms with E-state index >= 15 is 0 Å². The molecule has 0 amide bonds. The zero-order chi connectivity index (χ0) is 13.7. The number of rotatable bonds is 6. The normalized spacial score (nSPS) is 12.6. The van der Waals surface area contributed by atoms with E-state index in [0.717, 1.165) is 12.8 Å². The lowest BCUT2D eigenvalue weighted by Crippen LogP contribution is -2.28. The molecule has 0 radical (unpaired) electrons. The molecule has 0 aliphatic rings. The molecule has 0 fully saturated rings. The highest BCUT2D eigenvalue weighted by Gasteiger charge is 2.10. The molecule has 0 spiro atoms. The highest BCUT2D eigenvalue weighted by molar-refractivity contribution is 7.98. The summed E-state index contributed by atoms with van der Waals surface area (Å²) in [6.45, 7) is 0. The van der Waals surface area contributed by atoms with Gasteiger partial charge in [0.05, 0.1) is 6.20 Å². The van der Waals surface area contributed by atoms with E-state index in [1.165, 1.54) is 16.0 Å². The number of aromatic nitrogens is 2. The number of nitrogens with one attached hydrogen (secondary N) is 1. The molecule has 1 unspecified atom stereocenters. The number of hydrazine groups is 1. The molecule has 2 rings (SSSR count). The van der Waals surface area contributed by atoms with Gasteiger partial charge in [0.15, 0.2) is 0 Å². The first-order valence-corrected chi connectivity index (χ1v) is 7.53. The van der Waals surface area contributed by atoms with E-state index in [1.54, 1.807) is 11.8 Å². The van der Waals surface area contributed by atoms with E-state index in [0.29, 0.717) is 0 Å². The number of hydrogen-bond donors (Lipinski definition) is 2. The zero-order valence-corrected chi connectivity index (χ0v) is 12.2. The van der Waals surface area contributed by atoms with E-state index < -0.39 is 0 Å². The van der Waals surface area contributed by atoms with Crippen molar-refractivity contribution in [3.05, 3.63) is 47.8 Å². The van der Waals surface area contributed by atoms with Crippen LogP contribution >= 0.6 is 11.8 Å². The lowest BCUT2D eigenvalue weighted by Gasteiger charge is -2.16. The molecular weight excluding hydrogens is 256 g/mol. The Kier molecular flexibility index (Phi) is 5.01. The SMILES string of the molecule is CSc1ccc(C(CCc2cnn(C)c2)NN)cc1. The van der Waals surface area contributed by atoms with Gasteiger partial charge in [-0.25, -0.2) is 0 Å². The van der Waals surface area contributed by atoms with Crippen LogP contribution in [-0.4, -0.2) is 16.0 Å². The highest BCUT2D eigenvalue weighted by Crippen LogP contribution is 2.22. The van der Waals surface area contributed by atoms with E-state index in [-0.39, 0.29) is 6.04 Å². The van der Waals surface area contributed by atoms with Gasteiger partial charge in [0.2, 0.25) is 0 Å². The second-order valence-electron chi connectivity index (χ2n) is 4.55. The molecule has 0 saturated heterocycles. The number of thioether (sulfide) groups is 1. The highest BCUT2D eigenvalue weighted by atomic mass is 32.2. The van der Waals surface area contributed by atoms with Crippen molar-refractivity contribution in [2.75, 3.05) is 6.26 Å². The predicted octanol–water partition coefficient (Wildman–Crippen LogP) is 2.28. The fraction of sp³-hybridized carbons (Fsp3) is 0.357. The second kappa shape index (κ2) is 6.75. The molecule has 0 aliphatic heterocycles. The van der Waals surface area contributed by atoms with Crippen LogP contribution in [0, 0.1) is 0 Å². The summed E-state index contributed by atoms with van der Waals surface area (Å²) >= 11 is 1.75. The third kappa shape index (κ3) is 3.83. The summed E-state index contributed by atoms with van der Waals surface area (Å²) in [5.74, 6) is 5.67. The van der Waals surface area contributed by atoms with Crippen molar-refractivity contribution in [3.63, 3.8) is 0 Å².